The highest BCUT2D eigenvalue weighted by Gasteiger charge is 2.31. The number of pyridine rings is 1. The summed E-state index contributed by atoms with van der Waals surface area (Å²) in [5, 5.41) is 2.93. The Morgan fingerprint density at radius 2 is 2.04 bits per heavy atom. The minimum Gasteiger partial charge on any atom is -0.351 e. The van der Waals surface area contributed by atoms with Crippen molar-refractivity contribution in [3.63, 3.8) is 0 Å². The Balaban J connectivity index is 1.50. The summed E-state index contributed by atoms with van der Waals surface area (Å²) in [6.07, 6.45) is 3.48. The Bertz CT molecular complexity index is 632. The van der Waals surface area contributed by atoms with Crippen molar-refractivity contribution in [2.75, 3.05) is 19.6 Å². The zero-order valence-electron chi connectivity index (χ0n) is 13.1. The standard InChI is InChI=1S/C18H22N4O/c19-17-12-22(11-16(17)15-6-2-1-3-7-15)13-18(23)21-10-14-5-4-8-20-9-14/h1-9,16-17H,10-13,19H2,(H,21,23)/t16-,17+/m0/s1. The third-order valence-corrected chi connectivity index (χ3v) is 4.25. The molecule has 0 bridgehead atoms. The van der Waals surface area contributed by atoms with Crippen LogP contribution >= 0.6 is 0 Å². The van der Waals surface area contributed by atoms with E-state index in [0.717, 1.165) is 18.7 Å². The lowest BCUT2D eigenvalue weighted by atomic mass is 9.95. The first kappa shape index (κ1) is 15.6. The van der Waals surface area contributed by atoms with Crippen LogP contribution in [0.25, 0.3) is 0 Å². The van der Waals surface area contributed by atoms with Crippen molar-refractivity contribution in [1.82, 2.24) is 15.2 Å². The van der Waals surface area contributed by atoms with Crippen LogP contribution in [0.5, 0.6) is 0 Å². The maximum atomic E-state index is 12.1. The third-order valence-electron chi connectivity index (χ3n) is 4.25. The van der Waals surface area contributed by atoms with Gasteiger partial charge in [-0.25, -0.2) is 0 Å². The molecule has 0 unspecified atom stereocenters. The van der Waals surface area contributed by atoms with Crippen LogP contribution in [0.3, 0.4) is 0 Å². The topological polar surface area (TPSA) is 71.2 Å². The minimum absolute atomic E-state index is 0.0229. The van der Waals surface area contributed by atoms with Crippen LogP contribution < -0.4 is 11.1 Å². The average molecular weight is 310 g/mol. The van der Waals surface area contributed by atoms with Gasteiger partial charge in [-0.1, -0.05) is 36.4 Å². The molecule has 1 fully saturated rings. The summed E-state index contributed by atoms with van der Waals surface area (Å²) in [6.45, 7) is 2.47. The molecule has 0 aliphatic carbocycles. The fraction of sp³-hybridized carbons (Fsp3) is 0.333. The summed E-state index contributed by atoms with van der Waals surface area (Å²) >= 11 is 0. The highest BCUT2D eigenvalue weighted by Crippen LogP contribution is 2.25. The van der Waals surface area contributed by atoms with E-state index in [-0.39, 0.29) is 11.9 Å². The second kappa shape index (κ2) is 7.35. The van der Waals surface area contributed by atoms with Gasteiger partial charge in [-0.3, -0.25) is 14.7 Å². The van der Waals surface area contributed by atoms with Crippen molar-refractivity contribution in [2.45, 2.75) is 18.5 Å². The van der Waals surface area contributed by atoms with Crippen molar-refractivity contribution >= 4 is 5.91 Å². The van der Waals surface area contributed by atoms with Crippen molar-refractivity contribution < 1.29 is 4.79 Å². The molecule has 0 saturated carbocycles. The van der Waals surface area contributed by atoms with Gasteiger partial charge in [-0.15, -0.1) is 0 Å². The van der Waals surface area contributed by atoms with E-state index in [0.29, 0.717) is 19.0 Å². The summed E-state index contributed by atoms with van der Waals surface area (Å²) in [6, 6.07) is 14.2. The lowest BCUT2D eigenvalue weighted by Crippen LogP contribution is -2.37. The van der Waals surface area contributed by atoms with Crippen LogP contribution in [0.15, 0.2) is 54.9 Å². The molecule has 1 aliphatic heterocycles. The fourth-order valence-electron chi connectivity index (χ4n) is 3.06. The molecule has 0 radical (unpaired) electrons. The minimum atomic E-state index is 0.0229. The van der Waals surface area contributed by atoms with Gasteiger partial charge in [0.1, 0.15) is 0 Å². The van der Waals surface area contributed by atoms with Crippen molar-refractivity contribution in [3.05, 3.63) is 66.0 Å². The number of hydrogen-bond acceptors (Lipinski definition) is 4. The van der Waals surface area contributed by atoms with Gasteiger partial charge in [-0.2, -0.15) is 0 Å². The van der Waals surface area contributed by atoms with Crippen LogP contribution in [0.1, 0.15) is 17.0 Å². The van der Waals surface area contributed by atoms with Crippen molar-refractivity contribution in [2.24, 2.45) is 5.73 Å². The Hall–Kier alpha value is -2.24. The number of carbonyl (C=O) groups is 1. The molecule has 23 heavy (non-hydrogen) atoms. The van der Waals surface area contributed by atoms with Gasteiger partial charge in [-0.05, 0) is 17.2 Å². The number of carbonyl (C=O) groups excluding carboxylic acids is 1. The largest absolute Gasteiger partial charge is 0.351 e. The molecule has 120 valence electrons. The van der Waals surface area contributed by atoms with Gasteiger partial charge in [0, 0.05) is 44.0 Å². The first-order valence-corrected chi connectivity index (χ1v) is 7.91. The van der Waals surface area contributed by atoms with Crippen LogP contribution in [0.4, 0.5) is 0 Å². The second-order valence-electron chi connectivity index (χ2n) is 6.01. The maximum Gasteiger partial charge on any atom is 0.234 e. The number of aromatic nitrogens is 1. The van der Waals surface area contributed by atoms with Crippen molar-refractivity contribution in [1.29, 1.82) is 0 Å². The number of hydrogen-bond donors (Lipinski definition) is 2. The number of nitrogens with two attached hydrogens (primary N) is 1. The third kappa shape index (κ3) is 4.15. The number of amides is 1. The molecule has 0 spiro atoms. The van der Waals surface area contributed by atoms with E-state index in [1.54, 1.807) is 12.4 Å². The molecule has 1 saturated heterocycles. The summed E-state index contributed by atoms with van der Waals surface area (Å²) in [5.74, 6) is 0.317. The highest BCUT2D eigenvalue weighted by molar-refractivity contribution is 5.78. The van der Waals surface area contributed by atoms with E-state index in [1.807, 2.05) is 30.3 Å². The number of rotatable bonds is 5. The molecule has 5 nitrogen and oxygen atoms in total. The molecule has 3 N–H and O–H groups in total. The molecule has 2 heterocycles. The van der Waals surface area contributed by atoms with Crippen LogP contribution in [-0.2, 0) is 11.3 Å². The molecular weight excluding hydrogens is 288 g/mol. The maximum absolute atomic E-state index is 12.1. The van der Waals surface area contributed by atoms with Gasteiger partial charge >= 0.3 is 0 Å². The zero-order valence-corrected chi connectivity index (χ0v) is 13.1. The Morgan fingerprint density at radius 3 is 2.78 bits per heavy atom. The zero-order chi connectivity index (χ0) is 16.1. The first-order valence-electron chi connectivity index (χ1n) is 7.91. The van der Waals surface area contributed by atoms with Crippen LogP contribution in [0.2, 0.25) is 0 Å². The Kier molecular flexibility index (Phi) is 5.00. The van der Waals surface area contributed by atoms with E-state index >= 15 is 0 Å². The van der Waals surface area contributed by atoms with Crippen molar-refractivity contribution in [3.8, 4) is 0 Å². The summed E-state index contributed by atoms with van der Waals surface area (Å²) in [5.41, 5.74) is 8.51. The summed E-state index contributed by atoms with van der Waals surface area (Å²) < 4.78 is 0. The molecule has 1 amide bonds. The van der Waals surface area contributed by atoms with Crippen LogP contribution in [0, 0.1) is 0 Å². The van der Waals surface area contributed by atoms with Gasteiger partial charge < -0.3 is 11.1 Å². The highest BCUT2D eigenvalue weighted by atomic mass is 16.2. The molecule has 2 atom stereocenters. The number of nitrogens with one attached hydrogen (secondary N) is 1. The van der Waals surface area contributed by atoms with E-state index < -0.39 is 0 Å². The van der Waals surface area contributed by atoms with Gasteiger partial charge in [0.25, 0.3) is 0 Å². The summed E-state index contributed by atoms with van der Waals surface area (Å²) in [4.78, 5) is 18.3. The Morgan fingerprint density at radius 1 is 1.22 bits per heavy atom. The monoisotopic (exact) mass is 310 g/mol. The predicted molar refractivity (Wildman–Crippen MR) is 89.7 cm³/mol. The molecular formula is C18H22N4O. The molecule has 1 aromatic carbocycles. The molecule has 1 aliphatic rings. The van der Waals surface area contributed by atoms with E-state index in [4.69, 9.17) is 5.73 Å². The number of likely N-dealkylation sites (tertiary alicyclic amines) is 1. The molecule has 5 heteroatoms. The number of benzene rings is 1. The SMILES string of the molecule is N[C@@H]1CN(CC(=O)NCc2cccnc2)C[C@H]1c1ccccc1. The van der Waals surface area contributed by atoms with E-state index in [1.165, 1.54) is 5.56 Å². The normalized spacial score (nSPS) is 21.3. The lowest BCUT2D eigenvalue weighted by molar-refractivity contribution is -0.122. The second-order valence-corrected chi connectivity index (χ2v) is 6.01. The fourth-order valence-corrected chi connectivity index (χ4v) is 3.06. The Labute approximate surface area is 136 Å². The van der Waals surface area contributed by atoms with Gasteiger partial charge in [0.2, 0.25) is 5.91 Å². The van der Waals surface area contributed by atoms with Gasteiger partial charge in [0.15, 0.2) is 0 Å². The smallest absolute Gasteiger partial charge is 0.234 e. The van der Waals surface area contributed by atoms with E-state index in [2.05, 4.69) is 27.3 Å². The quantitative estimate of drug-likeness (QED) is 0.868. The summed E-state index contributed by atoms with van der Waals surface area (Å²) in [7, 11) is 0. The van der Waals surface area contributed by atoms with E-state index in [9.17, 15) is 4.79 Å². The van der Waals surface area contributed by atoms with Gasteiger partial charge in [0.05, 0.1) is 6.54 Å². The average Bonchev–Trinajstić information content (AvgIpc) is 2.95. The first-order chi connectivity index (χ1) is 11.2. The van der Waals surface area contributed by atoms with Crippen LogP contribution in [-0.4, -0.2) is 41.5 Å². The lowest BCUT2D eigenvalue weighted by Gasteiger charge is -2.15. The number of nitrogens with zero attached hydrogens (tertiary/aromatic N) is 2. The molecule has 3 rings (SSSR count). The molecule has 1 aromatic heterocycles. The predicted octanol–water partition coefficient (Wildman–Crippen LogP) is 1.12. The molecule has 2 aromatic rings.